The zero-order valence-corrected chi connectivity index (χ0v) is 12.7. The largest absolute Gasteiger partial charge is 0.399 e. The molecule has 1 heterocycles. The third-order valence-electron chi connectivity index (χ3n) is 4.00. The summed E-state index contributed by atoms with van der Waals surface area (Å²) in [6, 6.07) is 2.50. The minimum Gasteiger partial charge on any atom is -0.399 e. The highest BCUT2D eigenvalue weighted by atomic mass is 32.2. The van der Waals surface area contributed by atoms with E-state index >= 15 is 0 Å². The van der Waals surface area contributed by atoms with E-state index in [1.807, 2.05) is 0 Å². The Morgan fingerprint density at radius 3 is 2.80 bits per heavy atom. The van der Waals surface area contributed by atoms with Crippen molar-refractivity contribution in [2.24, 2.45) is 5.92 Å². The second kappa shape index (κ2) is 5.69. The van der Waals surface area contributed by atoms with Crippen molar-refractivity contribution in [2.75, 3.05) is 18.8 Å². The van der Waals surface area contributed by atoms with Crippen LogP contribution in [0.2, 0.25) is 0 Å². The lowest BCUT2D eigenvalue weighted by molar-refractivity contribution is 0.261. The average molecular weight is 300 g/mol. The lowest BCUT2D eigenvalue weighted by Crippen LogP contribution is -2.40. The zero-order chi connectivity index (χ0) is 14.9. The van der Waals surface area contributed by atoms with Crippen molar-refractivity contribution >= 4 is 15.7 Å². The SMILES string of the molecule is CCC1CCCN(S(=O)(=O)c2cc(N)cc(F)c2C)C1. The van der Waals surface area contributed by atoms with Crippen LogP contribution in [0.5, 0.6) is 0 Å². The fourth-order valence-corrected chi connectivity index (χ4v) is 4.48. The first-order chi connectivity index (χ1) is 9.36. The molecule has 2 rings (SSSR count). The molecule has 0 spiro atoms. The number of nitrogen functional groups attached to an aromatic ring is 1. The van der Waals surface area contributed by atoms with E-state index in [1.165, 1.54) is 17.3 Å². The third kappa shape index (κ3) is 2.81. The number of halogens is 1. The van der Waals surface area contributed by atoms with Gasteiger partial charge in [0.05, 0.1) is 4.90 Å². The first-order valence-electron chi connectivity index (χ1n) is 6.92. The van der Waals surface area contributed by atoms with Crippen LogP contribution in [0.15, 0.2) is 17.0 Å². The third-order valence-corrected chi connectivity index (χ3v) is 5.99. The number of anilines is 1. The van der Waals surface area contributed by atoms with Gasteiger partial charge in [-0.2, -0.15) is 4.31 Å². The Kier molecular flexibility index (Phi) is 4.34. The molecule has 0 aliphatic carbocycles. The predicted molar refractivity (Wildman–Crippen MR) is 77.3 cm³/mol. The number of nitrogens with zero attached hydrogens (tertiary/aromatic N) is 1. The Hall–Kier alpha value is -1.14. The van der Waals surface area contributed by atoms with Crippen LogP contribution < -0.4 is 5.73 Å². The molecule has 1 aliphatic heterocycles. The number of rotatable bonds is 3. The van der Waals surface area contributed by atoms with Crippen LogP contribution >= 0.6 is 0 Å². The van der Waals surface area contributed by atoms with Gasteiger partial charge < -0.3 is 5.73 Å². The number of hydrogen-bond donors (Lipinski definition) is 1. The molecule has 1 aromatic rings. The number of nitrogens with two attached hydrogens (primary N) is 1. The summed E-state index contributed by atoms with van der Waals surface area (Å²) < 4.78 is 40.5. The maximum absolute atomic E-state index is 13.7. The lowest BCUT2D eigenvalue weighted by Gasteiger charge is -2.31. The number of hydrogen-bond acceptors (Lipinski definition) is 3. The lowest BCUT2D eigenvalue weighted by atomic mass is 9.97. The molecule has 20 heavy (non-hydrogen) atoms. The number of piperidine rings is 1. The van der Waals surface area contributed by atoms with Gasteiger partial charge in [0.1, 0.15) is 5.82 Å². The summed E-state index contributed by atoms with van der Waals surface area (Å²) in [4.78, 5) is -0.00764. The highest BCUT2D eigenvalue weighted by molar-refractivity contribution is 7.89. The second-order valence-corrected chi connectivity index (χ2v) is 7.31. The van der Waals surface area contributed by atoms with Crippen molar-refractivity contribution in [3.8, 4) is 0 Å². The molecule has 1 fully saturated rings. The van der Waals surface area contributed by atoms with Gasteiger partial charge in [0.15, 0.2) is 0 Å². The van der Waals surface area contributed by atoms with Gasteiger partial charge in [0.25, 0.3) is 0 Å². The molecule has 0 radical (unpaired) electrons. The van der Waals surface area contributed by atoms with E-state index in [9.17, 15) is 12.8 Å². The normalized spacial score (nSPS) is 21.1. The summed E-state index contributed by atoms with van der Waals surface area (Å²) in [5.41, 5.74) is 5.86. The summed E-state index contributed by atoms with van der Waals surface area (Å²) in [7, 11) is -3.67. The van der Waals surface area contributed by atoms with Crippen LogP contribution in [0.1, 0.15) is 31.7 Å². The number of benzene rings is 1. The summed E-state index contributed by atoms with van der Waals surface area (Å²) in [5, 5.41) is 0. The van der Waals surface area contributed by atoms with Crippen molar-refractivity contribution in [3.05, 3.63) is 23.5 Å². The molecule has 0 saturated carbocycles. The van der Waals surface area contributed by atoms with Gasteiger partial charge in [-0.05, 0) is 37.8 Å². The molecule has 1 aromatic carbocycles. The number of sulfonamides is 1. The van der Waals surface area contributed by atoms with Crippen LogP contribution in [0.3, 0.4) is 0 Å². The maximum atomic E-state index is 13.7. The average Bonchev–Trinajstić information content (AvgIpc) is 2.42. The standard InChI is InChI=1S/C14H21FN2O2S/c1-3-11-5-4-6-17(9-11)20(18,19)14-8-12(16)7-13(15)10(14)2/h7-8,11H,3-6,9,16H2,1-2H3. The minimum atomic E-state index is -3.67. The van der Waals surface area contributed by atoms with Crippen molar-refractivity contribution in [3.63, 3.8) is 0 Å². The summed E-state index contributed by atoms with van der Waals surface area (Å²) in [6.45, 7) is 4.54. The van der Waals surface area contributed by atoms with E-state index in [-0.39, 0.29) is 16.1 Å². The van der Waals surface area contributed by atoms with Gasteiger partial charge in [-0.25, -0.2) is 12.8 Å². The van der Waals surface area contributed by atoms with E-state index in [0.29, 0.717) is 19.0 Å². The Bertz CT molecular complexity index is 601. The van der Waals surface area contributed by atoms with Gasteiger partial charge >= 0.3 is 0 Å². The Balaban J connectivity index is 2.40. The van der Waals surface area contributed by atoms with E-state index in [1.54, 1.807) is 0 Å². The Labute approximate surface area is 119 Å². The maximum Gasteiger partial charge on any atom is 0.243 e. The molecule has 1 aliphatic rings. The summed E-state index contributed by atoms with van der Waals surface area (Å²) >= 11 is 0. The quantitative estimate of drug-likeness (QED) is 0.872. The Morgan fingerprint density at radius 1 is 1.45 bits per heavy atom. The van der Waals surface area contributed by atoms with E-state index in [0.717, 1.165) is 25.3 Å². The van der Waals surface area contributed by atoms with Gasteiger partial charge in [-0.3, -0.25) is 0 Å². The molecule has 1 unspecified atom stereocenters. The molecule has 4 nitrogen and oxygen atoms in total. The smallest absolute Gasteiger partial charge is 0.243 e. The molecule has 6 heteroatoms. The summed E-state index contributed by atoms with van der Waals surface area (Å²) in [6.07, 6.45) is 2.85. The van der Waals surface area contributed by atoms with Crippen LogP contribution in [0, 0.1) is 18.7 Å². The Morgan fingerprint density at radius 2 is 2.15 bits per heavy atom. The monoisotopic (exact) mass is 300 g/mol. The first-order valence-corrected chi connectivity index (χ1v) is 8.36. The van der Waals surface area contributed by atoms with Crippen molar-refractivity contribution in [1.29, 1.82) is 0 Å². The van der Waals surface area contributed by atoms with Crippen LogP contribution in [-0.2, 0) is 10.0 Å². The molecule has 0 bridgehead atoms. The van der Waals surface area contributed by atoms with Crippen LogP contribution in [0.25, 0.3) is 0 Å². The molecule has 2 N–H and O–H groups in total. The van der Waals surface area contributed by atoms with Gasteiger partial charge in [0.2, 0.25) is 10.0 Å². The molecule has 112 valence electrons. The van der Waals surface area contributed by atoms with Gasteiger partial charge in [-0.15, -0.1) is 0 Å². The van der Waals surface area contributed by atoms with Crippen molar-refractivity contribution in [2.45, 2.75) is 38.0 Å². The fraction of sp³-hybridized carbons (Fsp3) is 0.571. The first kappa shape index (κ1) is 15.3. The van der Waals surface area contributed by atoms with Gasteiger partial charge in [-0.1, -0.05) is 13.3 Å². The molecule has 0 aromatic heterocycles. The topological polar surface area (TPSA) is 63.4 Å². The van der Waals surface area contributed by atoms with Crippen molar-refractivity contribution < 1.29 is 12.8 Å². The minimum absolute atomic E-state index is 0.00764. The molecule has 1 atom stereocenters. The fourth-order valence-electron chi connectivity index (χ4n) is 2.66. The second-order valence-electron chi connectivity index (χ2n) is 5.41. The summed E-state index contributed by atoms with van der Waals surface area (Å²) in [5.74, 6) is -0.197. The van der Waals surface area contributed by atoms with Crippen LogP contribution in [-0.4, -0.2) is 25.8 Å². The predicted octanol–water partition coefficient (Wildman–Crippen LogP) is 2.53. The molecular weight excluding hydrogens is 279 g/mol. The highest BCUT2D eigenvalue weighted by Gasteiger charge is 2.31. The van der Waals surface area contributed by atoms with E-state index in [2.05, 4.69) is 6.92 Å². The van der Waals surface area contributed by atoms with Crippen LogP contribution in [0.4, 0.5) is 10.1 Å². The van der Waals surface area contributed by atoms with E-state index in [4.69, 9.17) is 5.73 Å². The van der Waals surface area contributed by atoms with E-state index < -0.39 is 15.8 Å². The molecule has 0 amide bonds. The molecular formula is C14H21FN2O2S. The molecule has 1 saturated heterocycles. The van der Waals surface area contributed by atoms with Gasteiger partial charge in [0, 0.05) is 24.3 Å². The van der Waals surface area contributed by atoms with Crippen molar-refractivity contribution in [1.82, 2.24) is 4.31 Å². The zero-order valence-electron chi connectivity index (χ0n) is 11.9. The highest BCUT2D eigenvalue weighted by Crippen LogP contribution is 2.29.